The molecule has 0 aliphatic carbocycles. The van der Waals surface area contributed by atoms with Gasteiger partial charge in [-0.1, -0.05) is 11.8 Å². The molecule has 1 N–H and O–H groups in total. The van der Waals surface area contributed by atoms with Gasteiger partial charge in [0.2, 0.25) is 0 Å². The van der Waals surface area contributed by atoms with Crippen molar-refractivity contribution in [2.75, 3.05) is 19.7 Å². The zero-order chi connectivity index (χ0) is 15.5. The van der Waals surface area contributed by atoms with Gasteiger partial charge in [-0.25, -0.2) is 0 Å². The Morgan fingerprint density at radius 1 is 1.29 bits per heavy atom. The van der Waals surface area contributed by atoms with E-state index in [9.17, 15) is 0 Å². The summed E-state index contributed by atoms with van der Waals surface area (Å²) >= 11 is 1.75. The molecule has 0 amide bonds. The third-order valence-corrected chi connectivity index (χ3v) is 4.19. The van der Waals surface area contributed by atoms with Crippen LogP contribution >= 0.6 is 11.3 Å². The minimum absolute atomic E-state index is 0.108. The molecule has 0 saturated carbocycles. The van der Waals surface area contributed by atoms with Crippen LogP contribution in [0.5, 0.6) is 0 Å². The summed E-state index contributed by atoms with van der Waals surface area (Å²) in [5.74, 6) is 6.06. The van der Waals surface area contributed by atoms with Crippen LogP contribution in [0.2, 0.25) is 0 Å². The van der Waals surface area contributed by atoms with Gasteiger partial charge in [0.1, 0.15) is 0 Å². The van der Waals surface area contributed by atoms with Crippen molar-refractivity contribution in [2.45, 2.75) is 51.9 Å². The van der Waals surface area contributed by atoms with Gasteiger partial charge in [-0.2, -0.15) is 0 Å². The predicted molar refractivity (Wildman–Crippen MR) is 87.4 cm³/mol. The summed E-state index contributed by atoms with van der Waals surface area (Å²) in [6.45, 7) is 11.6. The number of hydrogen-bond donors (Lipinski definition) is 1. The van der Waals surface area contributed by atoms with Crippen molar-refractivity contribution in [3.8, 4) is 11.8 Å². The third-order valence-electron chi connectivity index (χ3n) is 3.26. The highest BCUT2D eigenvalue weighted by Gasteiger charge is 2.37. The lowest BCUT2D eigenvalue weighted by Crippen LogP contribution is -2.56. The van der Waals surface area contributed by atoms with Crippen LogP contribution < -0.4 is 0 Å². The first-order valence-corrected chi connectivity index (χ1v) is 8.27. The van der Waals surface area contributed by atoms with Crippen LogP contribution in [0.1, 0.15) is 44.6 Å². The molecule has 0 unspecified atom stereocenters. The molecule has 1 aromatic heterocycles. The molecule has 0 bridgehead atoms. The summed E-state index contributed by atoms with van der Waals surface area (Å²) < 4.78 is 6.12. The van der Waals surface area contributed by atoms with Crippen molar-refractivity contribution >= 4 is 11.3 Å². The molecule has 1 aliphatic heterocycles. The number of morpholine rings is 1. The fourth-order valence-electron chi connectivity index (χ4n) is 3.03. The number of aliphatic hydroxyl groups is 1. The number of thiophene rings is 1. The molecule has 1 fully saturated rings. The van der Waals surface area contributed by atoms with Crippen molar-refractivity contribution < 1.29 is 9.84 Å². The van der Waals surface area contributed by atoms with Crippen LogP contribution in [0, 0.1) is 11.8 Å². The van der Waals surface area contributed by atoms with Gasteiger partial charge in [-0.05, 0) is 33.8 Å². The smallest absolute Gasteiger partial charge is 0.0760 e. The van der Waals surface area contributed by atoms with Crippen molar-refractivity contribution in [1.29, 1.82) is 0 Å². The number of hydrogen-bond acceptors (Lipinski definition) is 4. The minimum atomic E-state index is -0.108. The van der Waals surface area contributed by atoms with Crippen molar-refractivity contribution in [3.05, 3.63) is 21.9 Å². The summed E-state index contributed by atoms with van der Waals surface area (Å²) in [6.07, 6.45) is 0.539. The van der Waals surface area contributed by atoms with E-state index in [1.807, 2.05) is 0 Å². The van der Waals surface area contributed by atoms with E-state index in [0.717, 1.165) is 25.2 Å². The van der Waals surface area contributed by atoms with Crippen LogP contribution in [-0.2, 0) is 11.3 Å². The third kappa shape index (κ3) is 5.12. The topological polar surface area (TPSA) is 32.7 Å². The first-order valence-electron chi connectivity index (χ1n) is 7.39. The molecule has 1 aliphatic rings. The van der Waals surface area contributed by atoms with Gasteiger partial charge in [-0.15, -0.1) is 11.3 Å². The predicted octanol–water partition coefficient (Wildman–Crippen LogP) is 2.87. The Bertz CT molecular complexity index is 520. The molecular formula is C17H25NO2S. The first kappa shape index (κ1) is 16.5. The zero-order valence-corrected chi connectivity index (χ0v) is 14.2. The fourth-order valence-corrected chi connectivity index (χ4v) is 3.88. The molecule has 0 aromatic carbocycles. The van der Waals surface area contributed by atoms with Crippen LogP contribution in [-0.4, -0.2) is 40.9 Å². The van der Waals surface area contributed by atoms with E-state index in [0.29, 0.717) is 6.42 Å². The average Bonchev–Trinajstić information content (AvgIpc) is 2.72. The fraction of sp³-hybridized carbons (Fsp3) is 0.647. The van der Waals surface area contributed by atoms with Crippen molar-refractivity contribution in [1.82, 2.24) is 4.90 Å². The van der Waals surface area contributed by atoms with E-state index in [1.54, 1.807) is 11.3 Å². The second-order valence-electron chi connectivity index (χ2n) is 6.84. The van der Waals surface area contributed by atoms with Crippen LogP contribution in [0.3, 0.4) is 0 Å². The number of ether oxygens (including phenoxy) is 1. The van der Waals surface area contributed by atoms with Gasteiger partial charge >= 0.3 is 0 Å². The lowest BCUT2D eigenvalue weighted by atomic mass is 9.99. The summed E-state index contributed by atoms with van der Waals surface area (Å²) in [6, 6.07) is 2.16. The van der Waals surface area contributed by atoms with Gasteiger partial charge in [0.25, 0.3) is 0 Å². The lowest BCUT2D eigenvalue weighted by Gasteiger charge is -2.47. The van der Waals surface area contributed by atoms with E-state index in [4.69, 9.17) is 9.84 Å². The highest BCUT2D eigenvalue weighted by molar-refractivity contribution is 7.10. The highest BCUT2D eigenvalue weighted by Crippen LogP contribution is 2.29. The van der Waals surface area contributed by atoms with Gasteiger partial charge in [0.05, 0.1) is 17.8 Å². The number of aliphatic hydroxyl groups excluding tert-OH is 1. The highest BCUT2D eigenvalue weighted by atomic mass is 32.1. The molecule has 3 nitrogen and oxygen atoms in total. The SMILES string of the molecule is CC1(C)CN(Cc2cc(C#CCCO)cs2)CC(C)(C)O1. The van der Waals surface area contributed by atoms with E-state index in [1.165, 1.54) is 4.88 Å². The molecule has 2 heterocycles. The Morgan fingerprint density at radius 3 is 2.57 bits per heavy atom. The lowest BCUT2D eigenvalue weighted by molar-refractivity contribution is -0.182. The van der Waals surface area contributed by atoms with E-state index in [-0.39, 0.29) is 17.8 Å². The van der Waals surface area contributed by atoms with Gasteiger partial charge < -0.3 is 9.84 Å². The number of rotatable bonds is 3. The zero-order valence-electron chi connectivity index (χ0n) is 13.4. The quantitative estimate of drug-likeness (QED) is 0.872. The van der Waals surface area contributed by atoms with Gasteiger partial charge in [0.15, 0.2) is 0 Å². The van der Waals surface area contributed by atoms with E-state index < -0.39 is 0 Å². The monoisotopic (exact) mass is 307 g/mol. The normalized spacial score (nSPS) is 20.8. The Hall–Kier alpha value is -0.860. The molecule has 0 atom stereocenters. The molecule has 2 rings (SSSR count). The molecule has 0 spiro atoms. The van der Waals surface area contributed by atoms with E-state index >= 15 is 0 Å². The summed E-state index contributed by atoms with van der Waals surface area (Å²) in [4.78, 5) is 3.79. The molecule has 116 valence electrons. The molecule has 1 aromatic rings. The molecule has 21 heavy (non-hydrogen) atoms. The standard InChI is InChI=1S/C17H25NO2S/c1-16(2)12-18(13-17(3,4)20-16)10-15-9-14(11-21-15)7-5-6-8-19/h9,11,19H,6,8,10,12-13H2,1-4H3. The second kappa shape index (κ2) is 6.50. The van der Waals surface area contributed by atoms with Crippen molar-refractivity contribution in [2.24, 2.45) is 0 Å². The summed E-state index contributed by atoms with van der Waals surface area (Å²) in [7, 11) is 0. The van der Waals surface area contributed by atoms with E-state index in [2.05, 4.69) is 55.9 Å². The van der Waals surface area contributed by atoms with Gasteiger partial charge in [0, 0.05) is 41.9 Å². The molecular weight excluding hydrogens is 282 g/mol. The molecule has 1 saturated heterocycles. The summed E-state index contributed by atoms with van der Waals surface area (Å²) in [5.41, 5.74) is 0.834. The molecule has 0 radical (unpaired) electrons. The van der Waals surface area contributed by atoms with Crippen LogP contribution in [0.15, 0.2) is 11.4 Å². The Kier molecular flexibility index (Phi) is 5.11. The number of nitrogens with zero attached hydrogens (tertiary/aromatic N) is 1. The van der Waals surface area contributed by atoms with Crippen LogP contribution in [0.4, 0.5) is 0 Å². The first-order chi connectivity index (χ1) is 9.80. The maximum atomic E-state index is 8.75. The Morgan fingerprint density at radius 2 is 1.95 bits per heavy atom. The second-order valence-corrected chi connectivity index (χ2v) is 7.84. The average molecular weight is 307 g/mol. The maximum absolute atomic E-state index is 8.75. The van der Waals surface area contributed by atoms with Crippen molar-refractivity contribution in [3.63, 3.8) is 0 Å². The Balaban J connectivity index is 2.00. The largest absolute Gasteiger partial charge is 0.395 e. The maximum Gasteiger partial charge on any atom is 0.0760 e. The minimum Gasteiger partial charge on any atom is -0.395 e. The summed E-state index contributed by atoms with van der Waals surface area (Å²) in [5, 5.41) is 10.8. The van der Waals surface area contributed by atoms with Gasteiger partial charge in [-0.3, -0.25) is 4.90 Å². The molecule has 4 heteroatoms. The van der Waals surface area contributed by atoms with Crippen LogP contribution in [0.25, 0.3) is 0 Å². The Labute approximate surface area is 131 Å².